The Bertz CT molecular complexity index is 316. The van der Waals surface area contributed by atoms with E-state index in [1.807, 2.05) is 0 Å². The van der Waals surface area contributed by atoms with Crippen LogP contribution in [-0.2, 0) is 14.8 Å². The van der Waals surface area contributed by atoms with Crippen molar-refractivity contribution in [3.63, 3.8) is 0 Å². The fourth-order valence-electron chi connectivity index (χ4n) is 1.05. The molecule has 0 aliphatic heterocycles. The molecule has 2 N–H and O–H groups in total. The number of halogens is 3. The lowest BCUT2D eigenvalue weighted by Gasteiger charge is -2.17. The second-order valence-corrected chi connectivity index (χ2v) is 5.84. The van der Waals surface area contributed by atoms with Crippen molar-refractivity contribution in [2.24, 2.45) is 11.1 Å². The highest BCUT2D eigenvalue weighted by atomic mass is 32.2. The fraction of sp³-hybridized carbons (Fsp3) is 1.00. The van der Waals surface area contributed by atoms with Crippen molar-refractivity contribution in [3.05, 3.63) is 0 Å². The molecule has 0 bridgehead atoms. The Balaban J connectivity index is 3.76. The van der Waals surface area contributed by atoms with Gasteiger partial charge in [-0.25, -0.2) is 13.6 Å². The van der Waals surface area contributed by atoms with Crippen LogP contribution in [0.2, 0.25) is 0 Å². The van der Waals surface area contributed by atoms with Gasteiger partial charge < -0.3 is 4.74 Å². The van der Waals surface area contributed by atoms with Crippen LogP contribution in [0.1, 0.15) is 26.7 Å². The second-order valence-electron chi connectivity index (χ2n) is 4.10. The van der Waals surface area contributed by atoms with E-state index in [1.165, 1.54) is 0 Å². The molecular formula is C9H18F3NO3S. The van der Waals surface area contributed by atoms with Crippen LogP contribution in [0.5, 0.6) is 0 Å². The molecule has 2 atom stereocenters. The third-order valence-electron chi connectivity index (χ3n) is 2.33. The van der Waals surface area contributed by atoms with Gasteiger partial charge in [0.1, 0.15) is 0 Å². The maximum absolute atomic E-state index is 12.1. The smallest absolute Gasteiger partial charge is 0.369 e. The lowest BCUT2D eigenvalue weighted by molar-refractivity contribution is -0.214. The molecule has 0 aromatic rings. The zero-order valence-corrected chi connectivity index (χ0v) is 10.6. The summed E-state index contributed by atoms with van der Waals surface area (Å²) >= 11 is 0. The van der Waals surface area contributed by atoms with E-state index in [9.17, 15) is 21.6 Å². The molecule has 4 nitrogen and oxygen atoms in total. The first-order chi connectivity index (χ1) is 7.52. The first-order valence-electron chi connectivity index (χ1n) is 5.21. The van der Waals surface area contributed by atoms with Crippen molar-refractivity contribution in [3.8, 4) is 0 Å². The van der Waals surface area contributed by atoms with E-state index >= 15 is 0 Å². The Morgan fingerprint density at radius 3 is 2.18 bits per heavy atom. The number of primary sulfonamides is 1. The average molecular weight is 277 g/mol. The van der Waals surface area contributed by atoms with Crippen molar-refractivity contribution in [2.45, 2.75) is 39.0 Å². The number of hydrogen-bond donors (Lipinski definition) is 1. The highest BCUT2D eigenvalue weighted by Gasteiger charge is 2.36. The summed E-state index contributed by atoms with van der Waals surface area (Å²) in [5.74, 6) is -0.211. The van der Waals surface area contributed by atoms with Gasteiger partial charge in [-0.15, -0.1) is 0 Å². The Morgan fingerprint density at radius 2 is 1.76 bits per heavy atom. The van der Waals surface area contributed by atoms with Crippen LogP contribution in [-0.4, -0.2) is 33.1 Å². The Hall–Kier alpha value is -0.340. The zero-order chi connectivity index (χ0) is 13.7. The van der Waals surface area contributed by atoms with E-state index in [-0.39, 0.29) is 18.3 Å². The third kappa shape index (κ3) is 9.37. The van der Waals surface area contributed by atoms with Crippen LogP contribution in [0, 0.1) is 5.92 Å². The summed E-state index contributed by atoms with van der Waals surface area (Å²) in [7, 11) is -3.50. The first-order valence-corrected chi connectivity index (χ1v) is 6.92. The van der Waals surface area contributed by atoms with Crippen LogP contribution in [0.4, 0.5) is 13.2 Å². The molecule has 0 aromatic carbocycles. The molecule has 0 saturated carbocycles. The minimum absolute atomic E-state index is 0.0474. The van der Waals surface area contributed by atoms with E-state index < -0.39 is 22.3 Å². The van der Waals surface area contributed by atoms with Crippen molar-refractivity contribution in [2.75, 3.05) is 12.4 Å². The summed E-state index contributed by atoms with van der Waals surface area (Å²) in [6.45, 7) is 2.63. The lowest BCUT2D eigenvalue weighted by atomic mass is 10.1. The van der Waals surface area contributed by atoms with Gasteiger partial charge in [0, 0.05) is 6.61 Å². The molecule has 8 heteroatoms. The van der Waals surface area contributed by atoms with Crippen LogP contribution in [0.3, 0.4) is 0 Å². The average Bonchev–Trinajstić information content (AvgIpc) is 2.12. The maximum atomic E-state index is 12.1. The number of ether oxygens (including phenoxy) is 1. The van der Waals surface area contributed by atoms with Gasteiger partial charge in [-0.2, -0.15) is 13.2 Å². The van der Waals surface area contributed by atoms with Crippen LogP contribution in [0.15, 0.2) is 0 Å². The highest BCUT2D eigenvalue weighted by Crippen LogP contribution is 2.22. The fourth-order valence-corrected chi connectivity index (χ4v) is 1.78. The lowest BCUT2D eigenvalue weighted by Crippen LogP contribution is -2.29. The molecular weight excluding hydrogens is 259 g/mol. The Morgan fingerprint density at radius 1 is 1.24 bits per heavy atom. The summed E-state index contributed by atoms with van der Waals surface area (Å²) in [6, 6.07) is 0. The molecule has 0 aliphatic carbocycles. The zero-order valence-electron chi connectivity index (χ0n) is 9.83. The summed E-state index contributed by atoms with van der Waals surface area (Å²) in [5, 5.41) is 4.81. The monoisotopic (exact) mass is 277 g/mol. The Labute approximate surface area is 99.4 Å². The molecule has 0 rings (SSSR count). The molecule has 2 unspecified atom stereocenters. The summed E-state index contributed by atoms with van der Waals surface area (Å²) < 4.78 is 62.1. The minimum Gasteiger partial charge on any atom is -0.369 e. The van der Waals surface area contributed by atoms with Gasteiger partial charge in [-0.1, -0.05) is 6.92 Å². The third-order valence-corrected chi connectivity index (χ3v) is 3.14. The van der Waals surface area contributed by atoms with Crippen LogP contribution in [0.25, 0.3) is 0 Å². The summed E-state index contributed by atoms with van der Waals surface area (Å²) in [5.41, 5.74) is 0. The van der Waals surface area contributed by atoms with E-state index in [0.29, 0.717) is 12.8 Å². The van der Waals surface area contributed by atoms with Crippen molar-refractivity contribution < 1.29 is 26.3 Å². The quantitative estimate of drug-likeness (QED) is 0.769. The Kier molecular flexibility index (Phi) is 6.42. The molecule has 0 fully saturated rings. The van der Waals surface area contributed by atoms with E-state index in [1.54, 1.807) is 6.92 Å². The van der Waals surface area contributed by atoms with Gasteiger partial charge in [0.2, 0.25) is 10.0 Å². The number of nitrogens with two attached hydrogens (primary N) is 1. The molecule has 0 saturated heterocycles. The van der Waals surface area contributed by atoms with Gasteiger partial charge in [-0.3, -0.25) is 0 Å². The maximum Gasteiger partial charge on any atom is 0.414 e. The predicted molar refractivity (Wildman–Crippen MR) is 57.8 cm³/mol. The van der Waals surface area contributed by atoms with Crippen molar-refractivity contribution in [1.29, 1.82) is 0 Å². The molecule has 0 amide bonds. The van der Waals surface area contributed by atoms with E-state index in [0.717, 1.165) is 6.92 Å². The molecule has 0 heterocycles. The van der Waals surface area contributed by atoms with Crippen LogP contribution >= 0.6 is 0 Å². The predicted octanol–water partition coefficient (Wildman–Crippen LogP) is 1.66. The highest BCUT2D eigenvalue weighted by molar-refractivity contribution is 7.89. The number of sulfonamides is 1. The van der Waals surface area contributed by atoms with Gasteiger partial charge in [0.25, 0.3) is 0 Å². The SMILES string of the molecule is CC(CCOC(C)C(F)(F)F)CCS(N)(=O)=O. The molecule has 0 spiro atoms. The summed E-state index contributed by atoms with van der Waals surface area (Å²) in [6.07, 6.45) is -5.46. The van der Waals surface area contributed by atoms with Crippen LogP contribution < -0.4 is 5.14 Å². The standard InChI is InChI=1S/C9H18F3NO3S/c1-7(4-6-17(13,14)15)3-5-16-8(2)9(10,11)12/h7-8H,3-6H2,1-2H3,(H2,13,14,15). The van der Waals surface area contributed by atoms with Gasteiger partial charge >= 0.3 is 6.18 Å². The molecule has 104 valence electrons. The largest absolute Gasteiger partial charge is 0.414 e. The van der Waals surface area contributed by atoms with Gasteiger partial charge in [0.05, 0.1) is 5.75 Å². The van der Waals surface area contributed by atoms with Crippen molar-refractivity contribution >= 4 is 10.0 Å². The second kappa shape index (κ2) is 6.55. The van der Waals surface area contributed by atoms with E-state index in [2.05, 4.69) is 4.74 Å². The molecule has 0 aromatic heterocycles. The number of hydrogen-bond acceptors (Lipinski definition) is 3. The number of rotatable bonds is 7. The topological polar surface area (TPSA) is 69.4 Å². The minimum atomic E-state index is -4.36. The summed E-state index contributed by atoms with van der Waals surface area (Å²) in [4.78, 5) is 0. The van der Waals surface area contributed by atoms with Gasteiger partial charge in [0.15, 0.2) is 6.10 Å². The van der Waals surface area contributed by atoms with E-state index in [4.69, 9.17) is 5.14 Å². The first kappa shape index (κ1) is 16.7. The molecule has 0 aliphatic rings. The van der Waals surface area contributed by atoms with Crippen molar-refractivity contribution in [1.82, 2.24) is 0 Å². The molecule has 0 radical (unpaired) electrons. The molecule has 17 heavy (non-hydrogen) atoms. The number of alkyl halides is 3. The van der Waals surface area contributed by atoms with Gasteiger partial charge in [-0.05, 0) is 25.7 Å². The normalized spacial score (nSPS) is 16.8.